The number of nitrogens with zero attached hydrogens (tertiary/aromatic N) is 1. The molecule has 1 rings (SSSR count). The predicted molar refractivity (Wildman–Crippen MR) is 71.4 cm³/mol. The fraction of sp³-hybridized carbons (Fsp3) is 0.214. The first-order valence-electron chi connectivity index (χ1n) is 5.98. The van der Waals surface area contributed by atoms with E-state index in [-0.39, 0.29) is 11.3 Å². The van der Waals surface area contributed by atoms with Crippen LogP contribution in [0.15, 0.2) is 36.4 Å². The third-order valence-electron chi connectivity index (χ3n) is 2.59. The first-order chi connectivity index (χ1) is 10.3. The van der Waals surface area contributed by atoms with Gasteiger partial charge in [0, 0.05) is 18.2 Å². The second-order valence-corrected chi connectivity index (χ2v) is 4.02. The van der Waals surface area contributed by atoms with Gasteiger partial charge in [-0.05, 0) is 12.1 Å². The quantitative estimate of drug-likeness (QED) is 0.474. The zero-order valence-corrected chi connectivity index (χ0v) is 11.5. The topological polar surface area (TPSA) is 63.7 Å². The number of hydrogen-bond acceptors (Lipinski definition) is 4. The molecule has 1 aromatic carbocycles. The molecule has 1 aromatic rings. The summed E-state index contributed by atoms with van der Waals surface area (Å²) in [6.07, 6.45) is -2.84. The molecule has 0 atom stereocenters. The van der Waals surface area contributed by atoms with Crippen LogP contribution in [0.4, 0.5) is 18.9 Å². The van der Waals surface area contributed by atoms with E-state index < -0.39 is 24.6 Å². The van der Waals surface area contributed by atoms with Crippen LogP contribution in [0, 0.1) is 0 Å². The van der Waals surface area contributed by atoms with E-state index in [1.165, 1.54) is 24.3 Å². The van der Waals surface area contributed by atoms with Crippen LogP contribution in [-0.4, -0.2) is 38.0 Å². The Morgan fingerprint density at radius 3 is 2.45 bits per heavy atom. The van der Waals surface area contributed by atoms with E-state index in [0.717, 1.165) is 19.3 Å². The highest BCUT2D eigenvalue weighted by Crippen LogP contribution is 2.25. The molecular formula is C14H12F3NO4. The van der Waals surface area contributed by atoms with E-state index in [9.17, 15) is 27.6 Å². The highest BCUT2D eigenvalue weighted by Gasteiger charge is 2.43. The van der Waals surface area contributed by atoms with Crippen LogP contribution in [0.2, 0.25) is 0 Å². The summed E-state index contributed by atoms with van der Waals surface area (Å²) >= 11 is 0. The Labute approximate surface area is 124 Å². The molecule has 5 nitrogen and oxygen atoms in total. The third kappa shape index (κ3) is 4.44. The van der Waals surface area contributed by atoms with Gasteiger partial charge in [0.2, 0.25) is 0 Å². The molecule has 0 aromatic heterocycles. The van der Waals surface area contributed by atoms with Crippen molar-refractivity contribution in [3.63, 3.8) is 0 Å². The van der Waals surface area contributed by atoms with Crippen molar-refractivity contribution in [2.24, 2.45) is 0 Å². The Hall–Kier alpha value is -2.64. The summed E-state index contributed by atoms with van der Waals surface area (Å²) in [6.45, 7) is -0.543. The molecule has 22 heavy (non-hydrogen) atoms. The number of esters is 1. The molecule has 118 valence electrons. The molecule has 0 N–H and O–H groups in total. The second-order valence-electron chi connectivity index (χ2n) is 4.02. The van der Waals surface area contributed by atoms with E-state index >= 15 is 0 Å². The Bertz CT molecular complexity index is 596. The molecule has 0 bridgehead atoms. The van der Waals surface area contributed by atoms with E-state index in [2.05, 4.69) is 4.74 Å². The van der Waals surface area contributed by atoms with Gasteiger partial charge in [-0.3, -0.25) is 9.59 Å². The summed E-state index contributed by atoms with van der Waals surface area (Å²) in [5, 5.41) is 0. The van der Waals surface area contributed by atoms with Crippen LogP contribution in [-0.2, 0) is 14.3 Å². The molecule has 0 heterocycles. The van der Waals surface area contributed by atoms with Gasteiger partial charge in [-0.15, -0.1) is 0 Å². The first kappa shape index (κ1) is 17.4. The van der Waals surface area contributed by atoms with Gasteiger partial charge in [-0.25, -0.2) is 4.79 Å². The first-order valence-corrected chi connectivity index (χ1v) is 5.98. The van der Waals surface area contributed by atoms with E-state index in [1.807, 2.05) is 0 Å². The van der Waals surface area contributed by atoms with Gasteiger partial charge in [0.05, 0.1) is 12.8 Å². The molecule has 0 aliphatic carbocycles. The molecular weight excluding hydrogens is 303 g/mol. The molecule has 0 aliphatic rings. The highest BCUT2D eigenvalue weighted by atomic mass is 19.4. The summed E-state index contributed by atoms with van der Waals surface area (Å²) < 4.78 is 42.3. The minimum Gasteiger partial charge on any atom is -0.466 e. The number of carbonyl (C=O) groups is 3. The smallest absolute Gasteiger partial charge is 0.466 e. The normalized spacial score (nSPS) is 11.3. The number of methoxy groups -OCH3 is 1. The molecule has 1 amide bonds. The number of benzene rings is 1. The summed E-state index contributed by atoms with van der Waals surface area (Å²) in [5.41, 5.74) is -0.277. The predicted octanol–water partition coefficient (Wildman–Crippen LogP) is 2.12. The van der Waals surface area contributed by atoms with Crippen molar-refractivity contribution in [2.45, 2.75) is 6.18 Å². The maximum atomic E-state index is 12.7. The van der Waals surface area contributed by atoms with Crippen LogP contribution in [0.3, 0.4) is 0 Å². The average molecular weight is 315 g/mol. The van der Waals surface area contributed by atoms with Crippen molar-refractivity contribution >= 4 is 23.9 Å². The lowest BCUT2D eigenvalue weighted by Gasteiger charge is -2.23. The molecule has 0 saturated carbocycles. The molecule has 0 aliphatic heterocycles. The van der Waals surface area contributed by atoms with Crippen molar-refractivity contribution in [1.29, 1.82) is 0 Å². The average Bonchev–Trinajstić information content (AvgIpc) is 2.49. The number of para-hydroxylation sites is 1. The lowest BCUT2D eigenvalue weighted by atomic mass is 10.1. The number of alkyl halides is 3. The van der Waals surface area contributed by atoms with Crippen LogP contribution >= 0.6 is 0 Å². The van der Waals surface area contributed by atoms with Crippen molar-refractivity contribution in [3.8, 4) is 0 Å². The van der Waals surface area contributed by atoms with E-state index in [4.69, 9.17) is 0 Å². The largest absolute Gasteiger partial charge is 0.471 e. The van der Waals surface area contributed by atoms with Gasteiger partial charge < -0.3 is 9.64 Å². The summed E-state index contributed by atoms with van der Waals surface area (Å²) in [4.78, 5) is 33.7. The van der Waals surface area contributed by atoms with Crippen molar-refractivity contribution in [2.75, 3.05) is 18.6 Å². The zero-order valence-electron chi connectivity index (χ0n) is 11.5. The van der Waals surface area contributed by atoms with E-state index in [0.29, 0.717) is 11.2 Å². The molecule has 0 saturated heterocycles. The van der Waals surface area contributed by atoms with Crippen LogP contribution in [0.5, 0.6) is 0 Å². The lowest BCUT2D eigenvalue weighted by molar-refractivity contribution is -0.170. The monoisotopic (exact) mass is 315 g/mol. The van der Waals surface area contributed by atoms with Crippen molar-refractivity contribution in [3.05, 3.63) is 42.0 Å². The molecule has 0 radical (unpaired) electrons. The number of halogens is 3. The minimum atomic E-state index is -5.12. The fourth-order valence-electron chi connectivity index (χ4n) is 1.60. The highest BCUT2D eigenvalue weighted by molar-refractivity contribution is 6.01. The van der Waals surface area contributed by atoms with Gasteiger partial charge in [0.15, 0.2) is 6.29 Å². The van der Waals surface area contributed by atoms with E-state index in [1.54, 1.807) is 0 Å². The van der Waals surface area contributed by atoms with Gasteiger partial charge in [-0.1, -0.05) is 18.2 Å². The number of anilines is 1. The third-order valence-corrected chi connectivity index (χ3v) is 2.59. The number of carbonyl (C=O) groups excluding carboxylic acids is 3. The number of ether oxygens (including phenoxy) is 1. The number of aldehydes is 1. The van der Waals surface area contributed by atoms with Crippen LogP contribution < -0.4 is 4.90 Å². The maximum Gasteiger partial charge on any atom is 0.471 e. The molecule has 0 unspecified atom stereocenters. The SMILES string of the molecule is COC(=O)C=CCN(C(=O)C(F)(F)F)c1ccccc1C=O. The molecule has 8 heteroatoms. The lowest BCUT2D eigenvalue weighted by Crippen LogP contribution is -2.41. The Morgan fingerprint density at radius 1 is 1.27 bits per heavy atom. The second kappa shape index (κ2) is 7.39. The van der Waals surface area contributed by atoms with Crippen molar-refractivity contribution < 1.29 is 32.3 Å². The Morgan fingerprint density at radius 2 is 1.91 bits per heavy atom. The Balaban J connectivity index is 3.17. The number of rotatable bonds is 5. The number of amides is 1. The van der Waals surface area contributed by atoms with Crippen LogP contribution in [0.25, 0.3) is 0 Å². The molecule has 0 fully saturated rings. The fourth-order valence-corrected chi connectivity index (χ4v) is 1.60. The van der Waals surface area contributed by atoms with Crippen molar-refractivity contribution in [1.82, 2.24) is 0 Å². The zero-order chi connectivity index (χ0) is 16.8. The van der Waals surface area contributed by atoms with Crippen LogP contribution in [0.1, 0.15) is 10.4 Å². The van der Waals surface area contributed by atoms with Gasteiger partial charge in [0.1, 0.15) is 0 Å². The summed E-state index contributed by atoms with van der Waals surface area (Å²) in [6, 6.07) is 5.33. The molecule has 0 spiro atoms. The van der Waals surface area contributed by atoms with Gasteiger partial charge in [-0.2, -0.15) is 13.2 Å². The minimum absolute atomic E-state index is 0.0773. The van der Waals surface area contributed by atoms with Gasteiger partial charge in [0.25, 0.3) is 0 Å². The Kier molecular flexibility index (Phi) is 5.85. The standard InChI is InChI=1S/C14H12F3NO4/c1-22-12(20)7-4-8-18(13(21)14(15,16)17)11-6-3-2-5-10(11)9-19/h2-7,9H,8H2,1H3. The summed E-state index contributed by atoms with van der Waals surface area (Å²) in [5.74, 6) is -2.92. The summed E-state index contributed by atoms with van der Waals surface area (Å²) in [7, 11) is 1.10. The van der Waals surface area contributed by atoms with Gasteiger partial charge >= 0.3 is 18.1 Å². The maximum absolute atomic E-state index is 12.7. The number of hydrogen-bond donors (Lipinski definition) is 0.